The van der Waals surface area contributed by atoms with Crippen LogP contribution in [0.4, 0.5) is 0 Å². The number of nitrogens with one attached hydrogen (secondary N) is 1. The van der Waals surface area contributed by atoms with E-state index >= 15 is 0 Å². The zero-order chi connectivity index (χ0) is 11.6. The molecular weight excluding hydrogens is 270 g/mol. The molecule has 2 rings (SSSR count). The molecule has 2 heterocycles. The molecular formula is C10H15BrN5+. The van der Waals surface area contributed by atoms with Crippen molar-refractivity contribution in [2.45, 2.75) is 13.3 Å². The lowest BCUT2D eigenvalue weighted by Gasteiger charge is -2.31. The Morgan fingerprint density at radius 2 is 2.31 bits per heavy atom. The lowest BCUT2D eigenvalue weighted by molar-refractivity contribution is -0.783. The van der Waals surface area contributed by atoms with Gasteiger partial charge in [0, 0.05) is 28.9 Å². The summed E-state index contributed by atoms with van der Waals surface area (Å²) >= 11 is 3.54. The summed E-state index contributed by atoms with van der Waals surface area (Å²) in [4.78, 5) is 8.75. The van der Waals surface area contributed by atoms with Crippen LogP contribution in [-0.4, -0.2) is 29.2 Å². The molecule has 0 spiro atoms. The highest BCUT2D eigenvalue weighted by molar-refractivity contribution is 9.11. The predicted octanol–water partition coefficient (Wildman–Crippen LogP) is 1.21. The number of nitrogens with zero attached hydrogens (tertiary/aromatic N) is 3. The van der Waals surface area contributed by atoms with Gasteiger partial charge in [0.15, 0.2) is 0 Å². The predicted molar refractivity (Wildman–Crippen MR) is 68.6 cm³/mol. The van der Waals surface area contributed by atoms with Crippen molar-refractivity contribution in [1.29, 1.82) is 0 Å². The average molecular weight is 285 g/mol. The summed E-state index contributed by atoms with van der Waals surface area (Å²) in [6.07, 6.45) is 6.31. The molecule has 0 fully saturated rings. The van der Waals surface area contributed by atoms with E-state index in [1.165, 1.54) is 0 Å². The Labute approximate surface area is 103 Å². The maximum Gasteiger partial charge on any atom is 0.279 e. The number of hydrogen-bond donors (Lipinski definition) is 2. The maximum absolute atomic E-state index is 5.58. The number of nitrogens with two attached hydrogens (primary N) is 1. The molecule has 3 N–H and O–H groups in total. The summed E-state index contributed by atoms with van der Waals surface area (Å²) in [7, 11) is 0. The Kier molecular flexibility index (Phi) is 3.34. The molecule has 0 aromatic heterocycles. The Bertz CT molecular complexity index is 409. The first-order valence-corrected chi connectivity index (χ1v) is 6.07. The van der Waals surface area contributed by atoms with E-state index in [1.54, 1.807) is 12.4 Å². The van der Waals surface area contributed by atoms with Crippen LogP contribution in [0, 0.1) is 0 Å². The molecule has 0 bridgehead atoms. The Balaban J connectivity index is 2.36. The van der Waals surface area contributed by atoms with E-state index in [0.29, 0.717) is 11.1 Å². The van der Waals surface area contributed by atoms with Gasteiger partial charge in [-0.2, -0.15) is 10.4 Å². The molecule has 1 atom stereocenters. The smallest absolute Gasteiger partial charge is 0.279 e. The van der Waals surface area contributed by atoms with Crippen LogP contribution < -0.4 is 11.2 Å². The minimum Gasteiger partial charge on any atom is -0.330 e. The molecule has 0 saturated carbocycles. The first-order valence-electron chi connectivity index (χ1n) is 5.28. The van der Waals surface area contributed by atoms with Gasteiger partial charge in [-0.25, -0.2) is 4.99 Å². The van der Waals surface area contributed by atoms with Gasteiger partial charge in [0.25, 0.3) is 5.84 Å². The standard InChI is InChI=1S/C10H15BrN5/c1-2-15-16-6-5-13-8(3-4-12)10(16)14-7-9(16)11/h5-7,15H,2-4,12H2,1H3/q+1. The molecule has 6 heteroatoms. The second kappa shape index (κ2) is 4.58. The Morgan fingerprint density at radius 1 is 1.50 bits per heavy atom. The van der Waals surface area contributed by atoms with Crippen molar-refractivity contribution in [3.8, 4) is 0 Å². The van der Waals surface area contributed by atoms with E-state index in [1.807, 2.05) is 6.20 Å². The normalized spacial score (nSPS) is 27.3. The summed E-state index contributed by atoms with van der Waals surface area (Å²) in [5.74, 6) is 0.904. The third kappa shape index (κ3) is 1.67. The van der Waals surface area contributed by atoms with Crippen LogP contribution in [0.3, 0.4) is 0 Å². The average Bonchev–Trinajstić information content (AvgIpc) is 2.59. The number of amidine groups is 1. The molecule has 16 heavy (non-hydrogen) atoms. The van der Waals surface area contributed by atoms with Gasteiger partial charge in [-0.3, -0.25) is 0 Å². The summed E-state index contributed by atoms with van der Waals surface area (Å²) in [5, 5.41) is 0. The lowest BCUT2D eigenvalue weighted by Crippen LogP contribution is -2.57. The molecule has 0 amide bonds. The number of hydrogen-bond acceptors (Lipinski definition) is 4. The van der Waals surface area contributed by atoms with Crippen LogP contribution in [0.15, 0.2) is 33.2 Å². The van der Waals surface area contributed by atoms with E-state index in [9.17, 15) is 0 Å². The van der Waals surface area contributed by atoms with Crippen LogP contribution in [0.5, 0.6) is 0 Å². The van der Waals surface area contributed by atoms with E-state index < -0.39 is 0 Å². The molecule has 86 valence electrons. The van der Waals surface area contributed by atoms with E-state index in [4.69, 9.17) is 5.73 Å². The third-order valence-corrected chi connectivity index (χ3v) is 3.30. The highest BCUT2D eigenvalue weighted by Gasteiger charge is 2.44. The summed E-state index contributed by atoms with van der Waals surface area (Å²) in [6, 6.07) is 0. The van der Waals surface area contributed by atoms with Crippen LogP contribution in [0.2, 0.25) is 0 Å². The maximum atomic E-state index is 5.58. The zero-order valence-corrected chi connectivity index (χ0v) is 10.7. The Hall–Kier alpha value is -0.820. The van der Waals surface area contributed by atoms with E-state index in [2.05, 4.69) is 38.3 Å². The minimum atomic E-state index is 0.412. The molecule has 2 aliphatic rings. The fourth-order valence-electron chi connectivity index (χ4n) is 1.86. The second-order valence-corrected chi connectivity index (χ2v) is 4.36. The fourth-order valence-corrected chi connectivity index (χ4v) is 2.38. The number of aliphatic imine (C=N–C) groups is 2. The van der Waals surface area contributed by atoms with Crippen molar-refractivity contribution in [3.05, 3.63) is 23.2 Å². The van der Waals surface area contributed by atoms with E-state index in [0.717, 1.165) is 29.1 Å². The molecule has 0 aliphatic carbocycles. The van der Waals surface area contributed by atoms with Crippen molar-refractivity contribution in [2.24, 2.45) is 15.7 Å². The highest BCUT2D eigenvalue weighted by Crippen LogP contribution is 2.31. The topological polar surface area (TPSA) is 62.8 Å². The quantitative estimate of drug-likeness (QED) is 0.602. The number of quaternary nitrogens is 1. The van der Waals surface area contributed by atoms with Gasteiger partial charge in [-0.15, -0.1) is 4.59 Å². The van der Waals surface area contributed by atoms with Crippen molar-refractivity contribution < 1.29 is 4.59 Å². The molecule has 0 aromatic carbocycles. The molecule has 0 radical (unpaired) electrons. The molecule has 5 nitrogen and oxygen atoms in total. The Morgan fingerprint density at radius 3 is 3.00 bits per heavy atom. The largest absolute Gasteiger partial charge is 0.330 e. The first-order chi connectivity index (χ1) is 7.74. The van der Waals surface area contributed by atoms with Crippen molar-refractivity contribution in [2.75, 3.05) is 13.1 Å². The van der Waals surface area contributed by atoms with Crippen LogP contribution in [0.25, 0.3) is 0 Å². The van der Waals surface area contributed by atoms with Gasteiger partial charge < -0.3 is 5.73 Å². The summed E-state index contributed by atoms with van der Waals surface area (Å²) in [6.45, 7) is 3.48. The summed E-state index contributed by atoms with van der Waals surface area (Å²) in [5.41, 5.74) is 9.90. The van der Waals surface area contributed by atoms with Gasteiger partial charge in [0.1, 0.15) is 18.1 Å². The van der Waals surface area contributed by atoms with Crippen molar-refractivity contribution >= 4 is 27.5 Å². The van der Waals surface area contributed by atoms with Crippen LogP contribution in [-0.2, 0) is 0 Å². The van der Waals surface area contributed by atoms with Gasteiger partial charge in [-0.1, -0.05) is 0 Å². The molecule has 0 saturated heterocycles. The first kappa shape index (κ1) is 11.7. The SMILES string of the molecule is CCN[N+]12C=CN=C(CCN)C1=NC=C2Br. The van der Waals surface area contributed by atoms with Gasteiger partial charge in [0.2, 0.25) is 4.61 Å². The number of halogens is 1. The van der Waals surface area contributed by atoms with Gasteiger partial charge in [-0.05, 0) is 13.5 Å². The highest BCUT2D eigenvalue weighted by atomic mass is 79.9. The molecule has 1 unspecified atom stereocenters. The molecule has 2 aliphatic heterocycles. The monoisotopic (exact) mass is 284 g/mol. The zero-order valence-electron chi connectivity index (χ0n) is 9.15. The van der Waals surface area contributed by atoms with Gasteiger partial charge in [0.05, 0.1) is 6.20 Å². The minimum absolute atomic E-state index is 0.412. The van der Waals surface area contributed by atoms with Crippen molar-refractivity contribution in [1.82, 2.24) is 5.43 Å². The number of fused-ring (bicyclic) bond motifs is 1. The third-order valence-electron chi connectivity index (χ3n) is 2.53. The molecule has 0 aromatic rings. The van der Waals surface area contributed by atoms with Gasteiger partial charge >= 0.3 is 0 Å². The van der Waals surface area contributed by atoms with E-state index in [-0.39, 0.29) is 0 Å². The lowest BCUT2D eigenvalue weighted by atomic mass is 10.2. The van der Waals surface area contributed by atoms with Crippen LogP contribution in [0.1, 0.15) is 13.3 Å². The second-order valence-electron chi connectivity index (χ2n) is 3.55. The summed E-state index contributed by atoms with van der Waals surface area (Å²) < 4.78 is 1.38. The fraction of sp³-hybridized carbons (Fsp3) is 0.400. The number of rotatable bonds is 4. The van der Waals surface area contributed by atoms with Crippen LogP contribution >= 0.6 is 15.9 Å². The van der Waals surface area contributed by atoms with Crippen molar-refractivity contribution in [3.63, 3.8) is 0 Å².